The summed E-state index contributed by atoms with van der Waals surface area (Å²) in [4.78, 5) is 112. The van der Waals surface area contributed by atoms with Crippen LogP contribution >= 0.6 is 0 Å². The Morgan fingerprint density at radius 3 is 1.97 bits per heavy atom. The van der Waals surface area contributed by atoms with Gasteiger partial charge in [-0.1, -0.05) is 83.0 Å². The molecule has 0 radical (unpaired) electrons. The van der Waals surface area contributed by atoms with E-state index in [1.54, 1.807) is 0 Å². The summed E-state index contributed by atoms with van der Waals surface area (Å²) in [6, 6.07) is -7.09. The average molecular weight is 1070 g/mol. The van der Waals surface area contributed by atoms with E-state index >= 15 is 0 Å². The van der Waals surface area contributed by atoms with E-state index in [0.717, 1.165) is 67.4 Å². The maximum Gasteiger partial charge on any atom is 0.248 e. The number of aromatic hydroxyl groups is 1. The van der Waals surface area contributed by atoms with Crippen LogP contribution in [0, 0.1) is 16.7 Å². The molecule has 25 heteroatoms. The van der Waals surface area contributed by atoms with Crippen molar-refractivity contribution in [3.63, 3.8) is 0 Å². The number of nitrogens with zero attached hydrogens (tertiary/aromatic N) is 3. The zero-order chi connectivity index (χ0) is 55.7. The van der Waals surface area contributed by atoms with E-state index < -0.39 is 165 Å². The highest BCUT2D eigenvalue weighted by atomic mass is 16.3. The molecule has 0 aliphatic carbocycles. The Labute approximate surface area is 436 Å². The monoisotopic (exact) mass is 1060 g/mol. The molecule has 16 atom stereocenters. The maximum atomic E-state index is 14.4. The molecule has 14 N–H and O–H groups in total. The van der Waals surface area contributed by atoms with Crippen molar-refractivity contribution in [3.8, 4) is 5.75 Å². The minimum absolute atomic E-state index is 0.0733. The van der Waals surface area contributed by atoms with Crippen LogP contribution in [0.2, 0.25) is 0 Å². The standard InChI is InChI=1S/C50H80N8O17/c1-5-26(2)22-27(3)12-10-8-6-7-9-11-13-37(65)52-32-24-36(64)46(70)56-48(72)41-35(63)19-21-57(41)50(74)39(34(62)18-20-51-75)54-47(71)40(43(67)42(66)29-14-16-30(60)17-15-29)55-45(69)33-23-31(61)25-58(33)49(73)38(28(4)59)53-44(32)68/h14-17,26-28,31-36,38-43,46,59-64,66-67,70H,5-13,18-25H2,1-4H3,(H,52,65)(H,53,68)(H,54,71)(H,55,69)(H,56,72). The third kappa shape index (κ3) is 17.8. The first kappa shape index (κ1) is 62.1. The number of hydrogen-bond donors (Lipinski definition) is 14. The van der Waals surface area contributed by atoms with E-state index in [0.29, 0.717) is 24.7 Å². The molecule has 3 aliphatic rings. The van der Waals surface area contributed by atoms with E-state index in [9.17, 15) is 84.4 Å². The Morgan fingerprint density at radius 1 is 0.720 bits per heavy atom. The highest BCUT2D eigenvalue weighted by molar-refractivity contribution is 5.98. The number of unbranched alkanes of at least 4 members (excludes halogenated alkanes) is 5. The molecule has 3 saturated heterocycles. The summed E-state index contributed by atoms with van der Waals surface area (Å²) in [5.41, 5.74) is -0.0988. The van der Waals surface area contributed by atoms with Gasteiger partial charge in [-0.25, -0.2) is 0 Å². The minimum Gasteiger partial charge on any atom is -0.508 e. The molecule has 0 aromatic heterocycles. The Kier molecular flexibility index (Phi) is 24.7. The van der Waals surface area contributed by atoms with Crippen molar-refractivity contribution in [2.24, 2.45) is 17.0 Å². The van der Waals surface area contributed by atoms with Gasteiger partial charge in [0.15, 0.2) is 6.23 Å². The molecule has 0 bridgehead atoms. The van der Waals surface area contributed by atoms with E-state index in [2.05, 4.69) is 52.5 Å². The molecular weight excluding hydrogens is 985 g/mol. The van der Waals surface area contributed by atoms with E-state index in [-0.39, 0.29) is 24.2 Å². The van der Waals surface area contributed by atoms with Crippen LogP contribution in [-0.4, -0.2) is 196 Å². The minimum atomic E-state index is -2.33. The van der Waals surface area contributed by atoms with Gasteiger partial charge in [0.2, 0.25) is 41.4 Å². The molecule has 0 spiro atoms. The Morgan fingerprint density at radius 2 is 1.33 bits per heavy atom. The summed E-state index contributed by atoms with van der Waals surface area (Å²) in [5.74, 6) is -7.18. The van der Waals surface area contributed by atoms with Crippen molar-refractivity contribution in [2.75, 3.05) is 19.6 Å². The second kappa shape index (κ2) is 29.8. The number of nitrogens with one attached hydrogen (secondary N) is 5. The van der Waals surface area contributed by atoms with Crippen molar-refractivity contribution in [2.45, 2.75) is 203 Å². The second-order valence-electron chi connectivity index (χ2n) is 20.6. The van der Waals surface area contributed by atoms with Crippen LogP contribution < -0.4 is 26.6 Å². The van der Waals surface area contributed by atoms with Crippen LogP contribution in [0.15, 0.2) is 29.4 Å². The van der Waals surface area contributed by atoms with Gasteiger partial charge in [0.1, 0.15) is 60.3 Å². The van der Waals surface area contributed by atoms with Crippen LogP contribution in [0.3, 0.4) is 0 Å². The Hall–Kier alpha value is -5.41. The van der Waals surface area contributed by atoms with Crippen LogP contribution in [0.1, 0.15) is 129 Å². The smallest absolute Gasteiger partial charge is 0.248 e. The lowest BCUT2D eigenvalue weighted by Crippen LogP contribution is -2.64. The number of aliphatic hydroxyl groups excluding tert-OH is 8. The molecule has 25 nitrogen and oxygen atoms in total. The topological polar surface area (TPSA) is 398 Å². The Balaban J connectivity index is 1.69. The van der Waals surface area contributed by atoms with Crippen molar-refractivity contribution in [1.82, 2.24) is 36.4 Å². The van der Waals surface area contributed by atoms with Gasteiger partial charge >= 0.3 is 0 Å². The molecule has 1 aromatic rings. The zero-order valence-corrected chi connectivity index (χ0v) is 43.2. The highest BCUT2D eigenvalue weighted by Gasteiger charge is 2.49. The number of nitroso groups, excluding NO2 is 1. The van der Waals surface area contributed by atoms with Gasteiger partial charge in [0.25, 0.3) is 0 Å². The third-order valence-corrected chi connectivity index (χ3v) is 14.4. The number of fused-ring (bicyclic) bond motifs is 2. The Bertz CT molecular complexity index is 2070. The van der Waals surface area contributed by atoms with Gasteiger partial charge in [-0.15, -0.1) is 0 Å². The highest BCUT2D eigenvalue weighted by Crippen LogP contribution is 2.27. The lowest BCUT2D eigenvalue weighted by Gasteiger charge is -2.34. The molecule has 4 rings (SSSR count). The van der Waals surface area contributed by atoms with Crippen molar-refractivity contribution in [3.05, 3.63) is 34.7 Å². The lowest BCUT2D eigenvalue weighted by atomic mass is 9.91. The summed E-state index contributed by atoms with van der Waals surface area (Å²) < 4.78 is 0. The van der Waals surface area contributed by atoms with Gasteiger partial charge < -0.3 is 82.3 Å². The number of phenolic OH excluding ortho intramolecular Hbond substituents is 1. The fourth-order valence-electron chi connectivity index (χ4n) is 9.82. The van der Waals surface area contributed by atoms with Gasteiger partial charge in [0.05, 0.1) is 31.0 Å². The van der Waals surface area contributed by atoms with Gasteiger partial charge in [-0.3, -0.25) is 33.6 Å². The second-order valence-corrected chi connectivity index (χ2v) is 20.6. The van der Waals surface area contributed by atoms with E-state index in [4.69, 9.17) is 0 Å². The van der Waals surface area contributed by atoms with E-state index in [1.165, 1.54) is 18.6 Å². The normalized spacial score (nSPS) is 29.0. The summed E-state index contributed by atoms with van der Waals surface area (Å²) in [7, 11) is 0. The predicted octanol–water partition coefficient (Wildman–Crippen LogP) is -2.06. The molecule has 0 saturated carbocycles. The number of carbonyl (C=O) groups excluding carboxylic acids is 7. The van der Waals surface area contributed by atoms with Gasteiger partial charge in [0, 0.05) is 32.4 Å². The fourth-order valence-corrected chi connectivity index (χ4v) is 9.82. The molecule has 75 heavy (non-hydrogen) atoms. The number of aliphatic hydroxyl groups is 8. The lowest BCUT2D eigenvalue weighted by molar-refractivity contribution is -0.149. The molecule has 422 valence electrons. The first-order valence-corrected chi connectivity index (χ1v) is 26.1. The number of rotatable bonds is 21. The molecule has 16 unspecified atom stereocenters. The summed E-state index contributed by atoms with van der Waals surface area (Å²) in [6.45, 7) is 6.21. The first-order chi connectivity index (χ1) is 35.5. The summed E-state index contributed by atoms with van der Waals surface area (Å²) in [5, 5.41) is 113. The fraction of sp³-hybridized carbons (Fsp3) is 0.740. The molecule has 3 aliphatic heterocycles. The molecule has 1 aromatic carbocycles. The largest absolute Gasteiger partial charge is 0.508 e. The van der Waals surface area contributed by atoms with Gasteiger partial charge in [-0.05, 0) is 62.1 Å². The summed E-state index contributed by atoms with van der Waals surface area (Å²) >= 11 is 0. The van der Waals surface area contributed by atoms with Crippen molar-refractivity contribution < 1.29 is 79.5 Å². The van der Waals surface area contributed by atoms with Crippen molar-refractivity contribution in [1.29, 1.82) is 0 Å². The molecule has 3 heterocycles. The molecule has 7 amide bonds. The molecular formula is C50H80N8O17. The molecule has 3 fully saturated rings. The van der Waals surface area contributed by atoms with Crippen LogP contribution in [0.25, 0.3) is 0 Å². The average Bonchev–Trinajstić information content (AvgIpc) is 3.97. The van der Waals surface area contributed by atoms with Crippen LogP contribution in [-0.2, 0) is 33.6 Å². The first-order valence-electron chi connectivity index (χ1n) is 26.1. The van der Waals surface area contributed by atoms with Crippen LogP contribution in [0.5, 0.6) is 5.75 Å². The number of phenols is 1. The van der Waals surface area contributed by atoms with E-state index in [1.807, 2.05) is 0 Å². The SMILES string of the molecule is CCC(C)CC(C)CCCCCCCCC(=O)NC1CC(O)C(O)NC(=O)C2C(O)CCN2C(=O)C(C(O)CCN=O)NC(=O)C(C(O)C(O)c2ccc(O)cc2)NC(=O)C2CC(O)CN2C(=O)C(C(C)O)NC1=O. The summed E-state index contributed by atoms with van der Waals surface area (Å²) in [6.07, 6.45) is -9.31. The number of amides is 7. The van der Waals surface area contributed by atoms with Crippen LogP contribution in [0.4, 0.5) is 0 Å². The predicted molar refractivity (Wildman–Crippen MR) is 267 cm³/mol. The zero-order valence-electron chi connectivity index (χ0n) is 43.2. The number of hydrogen-bond acceptors (Lipinski definition) is 18. The number of benzene rings is 1. The van der Waals surface area contributed by atoms with Crippen molar-refractivity contribution >= 4 is 41.4 Å². The quantitative estimate of drug-likeness (QED) is 0.0465. The van der Waals surface area contributed by atoms with Gasteiger partial charge in [-0.2, -0.15) is 4.91 Å². The third-order valence-electron chi connectivity index (χ3n) is 14.4. The maximum absolute atomic E-state index is 14.4. The number of carbonyl (C=O) groups is 7.